The predicted molar refractivity (Wildman–Crippen MR) is 95.9 cm³/mol. The van der Waals surface area contributed by atoms with E-state index in [0.717, 1.165) is 21.3 Å². The topological polar surface area (TPSA) is 52.2 Å². The van der Waals surface area contributed by atoms with E-state index < -0.39 is 0 Å². The average molecular weight is 381 g/mol. The molecular formula is C18H13BrN4O. The summed E-state index contributed by atoms with van der Waals surface area (Å²) in [7, 11) is 0. The van der Waals surface area contributed by atoms with Gasteiger partial charge in [0, 0.05) is 10.0 Å². The summed E-state index contributed by atoms with van der Waals surface area (Å²) in [5.74, 6) is 0. The number of fused-ring (bicyclic) bond motifs is 1. The van der Waals surface area contributed by atoms with Crippen LogP contribution in [0, 0.1) is 0 Å². The van der Waals surface area contributed by atoms with Gasteiger partial charge in [0.25, 0.3) is 0 Å². The van der Waals surface area contributed by atoms with Crippen LogP contribution >= 0.6 is 15.9 Å². The highest BCUT2D eigenvalue weighted by atomic mass is 79.9. The van der Waals surface area contributed by atoms with Crippen molar-refractivity contribution in [2.24, 2.45) is 0 Å². The molecule has 0 radical (unpaired) electrons. The Labute approximate surface area is 146 Å². The van der Waals surface area contributed by atoms with Gasteiger partial charge in [-0.1, -0.05) is 58.4 Å². The molecule has 2 heterocycles. The quantitative estimate of drug-likeness (QED) is 0.547. The molecule has 0 atom stereocenters. The zero-order valence-electron chi connectivity index (χ0n) is 12.6. The van der Waals surface area contributed by atoms with Crippen molar-refractivity contribution >= 4 is 21.6 Å². The molecule has 0 saturated carbocycles. The van der Waals surface area contributed by atoms with Crippen LogP contribution in [0.5, 0.6) is 0 Å². The molecule has 0 aliphatic heterocycles. The van der Waals surface area contributed by atoms with Gasteiger partial charge in [-0.25, -0.2) is 9.48 Å². The van der Waals surface area contributed by atoms with Crippen molar-refractivity contribution in [2.75, 3.05) is 0 Å². The van der Waals surface area contributed by atoms with Crippen LogP contribution in [-0.2, 0) is 6.54 Å². The molecule has 0 unspecified atom stereocenters. The molecule has 5 nitrogen and oxygen atoms in total. The van der Waals surface area contributed by atoms with Gasteiger partial charge in [0.2, 0.25) is 0 Å². The van der Waals surface area contributed by atoms with Crippen molar-refractivity contribution < 1.29 is 0 Å². The molecule has 0 aliphatic carbocycles. The first-order valence-corrected chi connectivity index (χ1v) is 8.27. The van der Waals surface area contributed by atoms with Crippen molar-refractivity contribution in [3.63, 3.8) is 0 Å². The van der Waals surface area contributed by atoms with Crippen LogP contribution in [0.15, 0.2) is 76.0 Å². The molecule has 0 spiro atoms. The van der Waals surface area contributed by atoms with Gasteiger partial charge >= 0.3 is 5.69 Å². The van der Waals surface area contributed by atoms with E-state index in [-0.39, 0.29) is 5.69 Å². The Morgan fingerprint density at radius 1 is 0.917 bits per heavy atom. The van der Waals surface area contributed by atoms with E-state index >= 15 is 0 Å². The van der Waals surface area contributed by atoms with E-state index in [0.29, 0.717) is 12.2 Å². The van der Waals surface area contributed by atoms with Crippen LogP contribution in [-0.4, -0.2) is 19.4 Å². The SMILES string of the molecule is O=c1n(Cc2cccc(Br)c2)nc2ccc(-c3ccccc3)nn12. The maximum atomic E-state index is 12.6. The molecule has 0 bridgehead atoms. The summed E-state index contributed by atoms with van der Waals surface area (Å²) >= 11 is 3.44. The first-order valence-electron chi connectivity index (χ1n) is 7.47. The smallest absolute Gasteiger partial charge is 0.244 e. The van der Waals surface area contributed by atoms with Crippen LogP contribution in [0.1, 0.15) is 5.56 Å². The summed E-state index contributed by atoms with van der Waals surface area (Å²) in [5.41, 5.74) is 2.99. The normalized spacial score (nSPS) is 11.0. The Balaban J connectivity index is 1.76. The number of aromatic nitrogens is 4. The van der Waals surface area contributed by atoms with Crippen LogP contribution in [0.4, 0.5) is 0 Å². The molecule has 4 aromatic rings. The zero-order chi connectivity index (χ0) is 16.5. The maximum absolute atomic E-state index is 12.6. The van der Waals surface area contributed by atoms with E-state index in [9.17, 15) is 4.79 Å². The number of hydrogen-bond donors (Lipinski definition) is 0. The number of halogens is 1. The monoisotopic (exact) mass is 380 g/mol. The fourth-order valence-electron chi connectivity index (χ4n) is 2.58. The summed E-state index contributed by atoms with van der Waals surface area (Å²) < 4.78 is 3.75. The number of rotatable bonds is 3. The van der Waals surface area contributed by atoms with Gasteiger partial charge in [-0.2, -0.15) is 9.61 Å². The standard InChI is InChI=1S/C18H13BrN4O/c19-15-8-4-5-13(11-15)12-22-18(24)23-17(21-22)10-9-16(20-23)14-6-2-1-3-7-14/h1-11H,12H2. The van der Waals surface area contributed by atoms with Crippen LogP contribution in [0.25, 0.3) is 16.9 Å². The Morgan fingerprint density at radius 2 is 1.75 bits per heavy atom. The molecule has 2 aromatic heterocycles. The van der Waals surface area contributed by atoms with Crippen LogP contribution in [0.3, 0.4) is 0 Å². The summed E-state index contributed by atoms with van der Waals surface area (Å²) in [6.07, 6.45) is 0. The minimum Gasteiger partial charge on any atom is -0.244 e. The van der Waals surface area contributed by atoms with E-state index in [1.807, 2.05) is 66.7 Å². The lowest BCUT2D eigenvalue weighted by Crippen LogP contribution is -2.23. The lowest BCUT2D eigenvalue weighted by atomic mass is 10.1. The Morgan fingerprint density at radius 3 is 2.54 bits per heavy atom. The third kappa shape index (κ3) is 2.76. The Hall–Kier alpha value is -2.73. The first-order chi connectivity index (χ1) is 11.7. The van der Waals surface area contributed by atoms with Crippen molar-refractivity contribution in [1.82, 2.24) is 19.4 Å². The third-order valence-electron chi connectivity index (χ3n) is 3.73. The van der Waals surface area contributed by atoms with E-state index in [2.05, 4.69) is 26.1 Å². The van der Waals surface area contributed by atoms with Crippen LogP contribution in [0.2, 0.25) is 0 Å². The predicted octanol–water partition coefficient (Wildman–Crippen LogP) is 3.37. The third-order valence-corrected chi connectivity index (χ3v) is 4.22. The number of hydrogen-bond acceptors (Lipinski definition) is 3. The molecule has 118 valence electrons. The van der Waals surface area contributed by atoms with E-state index in [1.165, 1.54) is 9.20 Å². The molecule has 6 heteroatoms. The lowest BCUT2D eigenvalue weighted by molar-refractivity contribution is 0.650. The minimum absolute atomic E-state index is 0.247. The lowest BCUT2D eigenvalue weighted by Gasteiger charge is -2.00. The summed E-state index contributed by atoms with van der Waals surface area (Å²) in [6.45, 7) is 0.405. The summed E-state index contributed by atoms with van der Waals surface area (Å²) in [6, 6.07) is 21.3. The largest absolute Gasteiger partial charge is 0.367 e. The van der Waals surface area contributed by atoms with Crippen molar-refractivity contribution in [3.8, 4) is 11.3 Å². The van der Waals surface area contributed by atoms with E-state index in [4.69, 9.17) is 0 Å². The molecule has 0 fully saturated rings. The second kappa shape index (κ2) is 6.05. The molecule has 24 heavy (non-hydrogen) atoms. The Kier molecular flexibility index (Phi) is 3.74. The van der Waals surface area contributed by atoms with Gasteiger partial charge in [-0.05, 0) is 29.8 Å². The van der Waals surface area contributed by atoms with Crippen molar-refractivity contribution in [3.05, 3.63) is 87.3 Å². The molecule has 0 amide bonds. The molecule has 2 aromatic carbocycles. The second-order valence-corrected chi connectivity index (χ2v) is 6.34. The van der Waals surface area contributed by atoms with Gasteiger partial charge in [-0.3, -0.25) is 0 Å². The molecule has 0 saturated heterocycles. The Bertz CT molecular complexity index is 1070. The number of benzene rings is 2. The number of nitrogens with zero attached hydrogens (tertiary/aromatic N) is 4. The fraction of sp³-hybridized carbons (Fsp3) is 0.0556. The zero-order valence-corrected chi connectivity index (χ0v) is 14.2. The van der Waals surface area contributed by atoms with Crippen molar-refractivity contribution in [1.29, 1.82) is 0 Å². The maximum Gasteiger partial charge on any atom is 0.367 e. The summed E-state index contributed by atoms with van der Waals surface area (Å²) in [5, 5.41) is 8.80. The van der Waals surface area contributed by atoms with Gasteiger partial charge in [0.15, 0.2) is 5.65 Å². The van der Waals surface area contributed by atoms with Crippen LogP contribution < -0.4 is 5.69 Å². The average Bonchev–Trinajstić information content (AvgIpc) is 2.91. The van der Waals surface area contributed by atoms with E-state index in [1.54, 1.807) is 0 Å². The first kappa shape index (κ1) is 14.8. The van der Waals surface area contributed by atoms with Gasteiger partial charge in [0.05, 0.1) is 12.2 Å². The molecular weight excluding hydrogens is 368 g/mol. The highest BCUT2D eigenvalue weighted by Crippen LogP contribution is 2.16. The van der Waals surface area contributed by atoms with Gasteiger partial charge < -0.3 is 0 Å². The molecule has 4 rings (SSSR count). The van der Waals surface area contributed by atoms with Gasteiger partial charge in [-0.15, -0.1) is 5.10 Å². The fourth-order valence-corrected chi connectivity index (χ4v) is 3.03. The van der Waals surface area contributed by atoms with Gasteiger partial charge in [0.1, 0.15) is 0 Å². The summed E-state index contributed by atoms with van der Waals surface area (Å²) in [4.78, 5) is 12.6. The highest BCUT2D eigenvalue weighted by molar-refractivity contribution is 9.10. The highest BCUT2D eigenvalue weighted by Gasteiger charge is 2.10. The minimum atomic E-state index is -0.247. The molecule has 0 N–H and O–H groups in total. The second-order valence-electron chi connectivity index (χ2n) is 5.42. The molecule has 0 aliphatic rings. The van der Waals surface area contributed by atoms with Crippen molar-refractivity contribution in [2.45, 2.75) is 6.54 Å².